The van der Waals surface area contributed by atoms with Crippen molar-refractivity contribution >= 4 is 11.8 Å². The van der Waals surface area contributed by atoms with Crippen LogP contribution in [-0.4, -0.2) is 28.7 Å². The number of methoxy groups -OCH3 is 1. The van der Waals surface area contributed by atoms with Crippen LogP contribution in [0.3, 0.4) is 0 Å². The van der Waals surface area contributed by atoms with Crippen LogP contribution in [0.5, 0.6) is 6.01 Å². The van der Waals surface area contributed by atoms with Gasteiger partial charge in [-0.1, -0.05) is 0 Å². The molecule has 0 aliphatic carbocycles. The second-order valence-electron chi connectivity index (χ2n) is 3.22. The van der Waals surface area contributed by atoms with Gasteiger partial charge in [-0.2, -0.15) is 11.8 Å². The zero-order valence-corrected chi connectivity index (χ0v) is 10.1. The van der Waals surface area contributed by atoms with Gasteiger partial charge in [0.15, 0.2) is 0 Å². The third-order valence-corrected chi connectivity index (χ3v) is 2.71. The van der Waals surface area contributed by atoms with Crippen molar-refractivity contribution < 1.29 is 4.74 Å². The molecule has 1 heterocycles. The number of thioether (sulfide) groups is 1. The van der Waals surface area contributed by atoms with Gasteiger partial charge in [-0.15, -0.1) is 0 Å². The molecule has 4 nitrogen and oxygen atoms in total. The lowest BCUT2D eigenvalue weighted by molar-refractivity contribution is 0.344. The first-order valence-electron chi connectivity index (χ1n) is 4.80. The maximum absolute atomic E-state index is 11.7. The van der Waals surface area contributed by atoms with Crippen molar-refractivity contribution in [3.8, 4) is 6.01 Å². The molecule has 0 radical (unpaired) electrons. The summed E-state index contributed by atoms with van der Waals surface area (Å²) in [5.74, 6) is 1.03. The Morgan fingerprint density at radius 1 is 1.60 bits per heavy atom. The Morgan fingerprint density at radius 3 is 2.93 bits per heavy atom. The van der Waals surface area contributed by atoms with E-state index in [-0.39, 0.29) is 5.56 Å². The minimum Gasteiger partial charge on any atom is -0.468 e. The first-order chi connectivity index (χ1) is 7.19. The molecule has 0 aromatic carbocycles. The number of aryl methyl sites for hydroxylation is 1. The Bertz CT molecular complexity index is 376. The zero-order chi connectivity index (χ0) is 11.3. The monoisotopic (exact) mass is 228 g/mol. The predicted octanol–water partition coefficient (Wildman–Crippen LogP) is 1.31. The highest BCUT2D eigenvalue weighted by molar-refractivity contribution is 7.98. The Balaban J connectivity index is 2.89. The van der Waals surface area contributed by atoms with Gasteiger partial charge in [0.25, 0.3) is 11.6 Å². The van der Waals surface area contributed by atoms with Gasteiger partial charge in [0.05, 0.1) is 7.11 Å². The lowest BCUT2D eigenvalue weighted by Gasteiger charge is -2.10. The highest BCUT2D eigenvalue weighted by Gasteiger charge is 2.06. The van der Waals surface area contributed by atoms with E-state index in [9.17, 15) is 4.79 Å². The molecule has 0 saturated heterocycles. The smallest absolute Gasteiger partial charge is 0.299 e. The Morgan fingerprint density at radius 2 is 2.33 bits per heavy atom. The molecule has 0 aliphatic heterocycles. The van der Waals surface area contributed by atoms with E-state index in [2.05, 4.69) is 4.98 Å². The maximum atomic E-state index is 11.7. The second kappa shape index (κ2) is 5.80. The second-order valence-corrected chi connectivity index (χ2v) is 4.21. The van der Waals surface area contributed by atoms with E-state index in [4.69, 9.17) is 4.74 Å². The molecule has 0 aliphatic rings. The average Bonchev–Trinajstić information content (AvgIpc) is 2.20. The van der Waals surface area contributed by atoms with Crippen molar-refractivity contribution in [3.63, 3.8) is 0 Å². The van der Waals surface area contributed by atoms with Crippen LogP contribution in [0.25, 0.3) is 0 Å². The van der Waals surface area contributed by atoms with Crippen LogP contribution < -0.4 is 10.3 Å². The predicted molar refractivity (Wildman–Crippen MR) is 62.8 cm³/mol. The van der Waals surface area contributed by atoms with Crippen LogP contribution in [0.15, 0.2) is 10.9 Å². The number of nitrogens with zero attached hydrogens (tertiary/aromatic N) is 2. The largest absolute Gasteiger partial charge is 0.468 e. The molecule has 1 rings (SSSR count). The third-order valence-electron chi connectivity index (χ3n) is 2.01. The summed E-state index contributed by atoms with van der Waals surface area (Å²) in [5.41, 5.74) is 0.651. The molecule has 0 amide bonds. The van der Waals surface area contributed by atoms with E-state index in [1.807, 2.05) is 6.26 Å². The summed E-state index contributed by atoms with van der Waals surface area (Å²) in [5, 5.41) is 0. The van der Waals surface area contributed by atoms with E-state index in [1.165, 1.54) is 13.2 Å². The van der Waals surface area contributed by atoms with Crippen molar-refractivity contribution in [3.05, 3.63) is 22.1 Å². The fraction of sp³-hybridized carbons (Fsp3) is 0.600. The summed E-state index contributed by atoms with van der Waals surface area (Å²) in [6.45, 7) is 2.45. The molecule has 0 spiro atoms. The lowest BCUT2D eigenvalue weighted by atomic mass is 10.4. The minimum atomic E-state index is -0.0412. The van der Waals surface area contributed by atoms with Crippen molar-refractivity contribution in [2.75, 3.05) is 19.1 Å². The van der Waals surface area contributed by atoms with E-state index >= 15 is 0 Å². The Kier molecular flexibility index (Phi) is 4.68. The summed E-state index contributed by atoms with van der Waals surface area (Å²) < 4.78 is 6.66. The topological polar surface area (TPSA) is 44.1 Å². The standard InChI is InChI=1S/C10H16N2O2S/c1-8-7-9(13)12(5-4-6-15-3)10(11-8)14-2/h7H,4-6H2,1-3H3. The van der Waals surface area contributed by atoms with E-state index in [0.29, 0.717) is 18.2 Å². The molecule has 1 aromatic heterocycles. The van der Waals surface area contributed by atoms with Crippen molar-refractivity contribution in [1.29, 1.82) is 0 Å². The molecule has 15 heavy (non-hydrogen) atoms. The average molecular weight is 228 g/mol. The van der Waals surface area contributed by atoms with Gasteiger partial charge in [0, 0.05) is 18.3 Å². The minimum absolute atomic E-state index is 0.0412. The molecular weight excluding hydrogens is 212 g/mol. The van der Waals surface area contributed by atoms with Crippen molar-refractivity contribution in [1.82, 2.24) is 9.55 Å². The molecule has 0 saturated carbocycles. The molecule has 0 bridgehead atoms. The maximum Gasteiger partial charge on any atom is 0.299 e. The van der Waals surface area contributed by atoms with Gasteiger partial charge in [-0.25, -0.2) is 4.98 Å². The van der Waals surface area contributed by atoms with Gasteiger partial charge in [-0.05, 0) is 25.4 Å². The summed E-state index contributed by atoms with van der Waals surface area (Å²) in [7, 11) is 1.53. The number of rotatable bonds is 5. The van der Waals surface area contributed by atoms with Crippen LogP contribution in [0, 0.1) is 6.92 Å². The molecule has 5 heteroatoms. The van der Waals surface area contributed by atoms with Crippen LogP contribution in [0.2, 0.25) is 0 Å². The Hall–Kier alpha value is -0.970. The van der Waals surface area contributed by atoms with Gasteiger partial charge < -0.3 is 4.74 Å². The summed E-state index contributed by atoms with van der Waals surface area (Å²) in [6, 6.07) is 1.93. The van der Waals surface area contributed by atoms with Gasteiger partial charge in [0.1, 0.15) is 0 Å². The number of ether oxygens (including phenoxy) is 1. The van der Waals surface area contributed by atoms with Crippen LogP contribution in [0.4, 0.5) is 0 Å². The van der Waals surface area contributed by atoms with Crippen LogP contribution in [0.1, 0.15) is 12.1 Å². The Labute approximate surface area is 93.7 Å². The molecule has 1 aromatic rings. The number of hydrogen-bond acceptors (Lipinski definition) is 4. The summed E-state index contributed by atoms with van der Waals surface area (Å²) in [4.78, 5) is 15.8. The first-order valence-corrected chi connectivity index (χ1v) is 6.20. The molecule has 0 atom stereocenters. The fourth-order valence-electron chi connectivity index (χ4n) is 1.32. The summed E-state index contributed by atoms with van der Waals surface area (Å²) >= 11 is 1.77. The number of hydrogen-bond donors (Lipinski definition) is 0. The fourth-order valence-corrected chi connectivity index (χ4v) is 1.74. The van der Waals surface area contributed by atoms with Gasteiger partial charge in [0.2, 0.25) is 0 Å². The van der Waals surface area contributed by atoms with Crippen molar-refractivity contribution in [2.45, 2.75) is 19.9 Å². The highest BCUT2D eigenvalue weighted by Crippen LogP contribution is 2.06. The third kappa shape index (κ3) is 3.27. The van der Waals surface area contributed by atoms with Gasteiger partial charge in [-0.3, -0.25) is 9.36 Å². The van der Waals surface area contributed by atoms with Gasteiger partial charge >= 0.3 is 0 Å². The van der Waals surface area contributed by atoms with E-state index < -0.39 is 0 Å². The summed E-state index contributed by atoms with van der Waals surface area (Å²) in [6.07, 6.45) is 3.00. The van der Waals surface area contributed by atoms with Crippen LogP contribution >= 0.6 is 11.8 Å². The zero-order valence-electron chi connectivity index (χ0n) is 9.32. The van der Waals surface area contributed by atoms with E-state index in [1.54, 1.807) is 23.3 Å². The normalized spacial score (nSPS) is 10.3. The molecule has 84 valence electrons. The van der Waals surface area contributed by atoms with Crippen LogP contribution in [-0.2, 0) is 6.54 Å². The molecule has 0 unspecified atom stereocenters. The highest BCUT2D eigenvalue weighted by atomic mass is 32.2. The molecular formula is C10H16N2O2S. The first kappa shape index (κ1) is 12.1. The van der Waals surface area contributed by atoms with Crippen molar-refractivity contribution in [2.24, 2.45) is 0 Å². The quantitative estimate of drug-likeness (QED) is 0.713. The molecule has 0 N–H and O–H groups in total. The lowest BCUT2D eigenvalue weighted by Crippen LogP contribution is -2.23. The number of aromatic nitrogens is 2. The molecule has 0 fully saturated rings. The SMILES string of the molecule is COc1nc(C)cc(=O)n1CCCSC. The van der Waals surface area contributed by atoms with E-state index in [0.717, 1.165) is 12.2 Å².